The Morgan fingerprint density at radius 2 is 2.23 bits per heavy atom. The monoisotopic (exact) mass is 282 g/mol. The Balaban J connectivity index is 2.76. The molecule has 0 fully saturated rings. The Morgan fingerprint density at radius 1 is 1.54 bits per heavy atom. The van der Waals surface area contributed by atoms with Crippen LogP contribution in [0.3, 0.4) is 0 Å². The molecule has 1 unspecified atom stereocenters. The maximum atomic E-state index is 10.4. The molecule has 13 heavy (non-hydrogen) atoms. The Labute approximate surface area is 93.9 Å². The van der Waals surface area contributed by atoms with E-state index in [1.807, 2.05) is 6.07 Å². The molecule has 0 aliphatic heterocycles. The number of ether oxygens (including phenoxy) is 1. The van der Waals surface area contributed by atoms with Crippen molar-refractivity contribution in [2.75, 3.05) is 0 Å². The largest absolute Gasteiger partial charge is 0.429 e. The SMILES string of the molecule is O=C(Cl)OC(Cl)c1cccc(Br)c1. The van der Waals surface area contributed by atoms with Gasteiger partial charge in [0.15, 0.2) is 0 Å². The summed E-state index contributed by atoms with van der Waals surface area (Å²) in [5.74, 6) is 0. The van der Waals surface area contributed by atoms with Crippen molar-refractivity contribution < 1.29 is 9.53 Å². The van der Waals surface area contributed by atoms with Crippen molar-refractivity contribution in [3.63, 3.8) is 0 Å². The van der Waals surface area contributed by atoms with Gasteiger partial charge in [0.2, 0.25) is 5.56 Å². The van der Waals surface area contributed by atoms with Crippen LogP contribution in [0.4, 0.5) is 4.79 Å². The molecule has 0 saturated carbocycles. The first-order valence-electron chi connectivity index (χ1n) is 3.35. The van der Waals surface area contributed by atoms with Crippen LogP contribution in [0.2, 0.25) is 0 Å². The van der Waals surface area contributed by atoms with Crippen molar-refractivity contribution in [1.29, 1.82) is 0 Å². The van der Waals surface area contributed by atoms with Crippen LogP contribution in [0.5, 0.6) is 0 Å². The number of hydrogen-bond acceptors (Lipinski definition) is 2. The lowest BCUT2D eigenvalue weighted by Gasteiger charge is -2.08. The number of carbonyl (C=O) groups is 1. The maximum Gasteiger partial charge on any atom is 0.405 e. The van der Waals surface area contributed by atoms with Gasteiger partial charge in [-0.2, -0.15) is 0 Å². The lowest BCUT2D eigenvalue weighted by atomic mass is 10.2. The summed E-state index contributed by atoms with van der Waals surface area (Å²) in [4.78, 5) is 10.4. The third-order valence-electron chi connectivity index (χ3n) is 1.31. The third-order valence-corrected chi connectivity index (χ3v) is 2.23. The molecular formula is C8H5BrCl2O2. The molecule has 5 heteroatoms. The maximum absolute atomic E-state index is 10.4. The van der Waals surface area contributed by atoms with Crippen LogP contribution < -0.4 is 0 Å². The third kappa shape index (κ3) is 3.55. The first-order chi connectivity index (χ1) is 6.09. The fraction of sp³-hybridized carbons (Fsp3) is 0.125. The van der Waals surface area contributed by atoms with E-state index in [-0.39, 0.29) is 0 Å². The summed E-state index contributed by atoms with van der Waals surface area (Å²) in [7, 11) is 0. The van der Waals surface area contributed by atoms with Crippen LogP contribution in [-0.4, -0.2) is 5.43 Å². The second-order valence-electron chi connectivity index (χ2n) is 2.23. The molecule has 70 valence electrons. The molecule has 0 aromatic heterocycles. The zero-order chi connectivity index (χ0) is 9.84. The quantitative estimate of drug-likeness (QED) is 0.604. The minimum Gasteiger partial charge on any atom is -0.429 e. The number of benzene rings is 1. The second kappa shape index (κ2) is 4.84. The Hall–Kier alpha value is -0.250. The van der Waals surface area contributed by atoms with E-state index in [1.54, 1.807) is 18.2 Å². The van der Waals surface area contributed by atoms with Crippen molar-refractivity contribution in [2.24, 2.45) is 0 Å². The van der Waals surface area contributed by atoms with Gasteiger partial charge in [-0.05, 0) is 12.1 Å². The van der Waals surface area contributed by atoms with E-state index in [0.717, 1.165) is 4.47 Å². The molecule has 0 bridgehead atoms. The van der Waals surface area contributed by atoms with Crippen molar-refractivity contribution in [1.82, 2.24) is 0 Å². The molecule has 0 aliphatic rings. The van der Waals surface area contributed by atoms with Crippen molar-refractivity contribution >= 4 is 44.6 Å². The lowest BCUT2D eigenvalue weighted by molar-refractivity contribution is 0.160. The Kier molecular flexibility index (Phi) is 4.03. The molecule has 2 nitrogen and oxygen atoms in total. The van der Waals surface area contributed by atoms with E-state index >= 15 is 0 Å². The van der Waals surface area contributed by atoms with Gasteiger partial charge in [-0.25, -0.2) is 4.79 Å². The summed E-state index contributed by atoms with van der Waals surface area (Å²) in [6.07, 6.45) is 0. The topological polar surface area (TPSA) is 26.3 Å². The summed E-state index contributed by atoms with van der Waals surface area (Å²) >= 11 is 14.0. The zero-order valence-electron chi connectivity index (χ0n) is 6.34. The molecule has 0 aliphatic carbocycles. The first-order valence-corrected chi connectivity index (χ1v) is 4.96. The molecule has 1 rings (SSSR count). The van der Waals surface area contributed by atoms with Crippen LogP contribution >= 0.6 is 39.1 Å². The summed E-state index contributed by atoms with van der Waals surface area (Å²) in [6, 6.07) is 7.12. The predicted molar refractivity (Wildman–Crippen MR) is 55.1 cm³/mol. The van der Waals surface area contributed by atoms with Crippen LogP contribution in [-0.2, 0) is 4.74 Å². The van der Waals surface area contributed by atoms with E-state index in [0.29, 0.717) is 5.56 Å². The summed E-state index contributed by atoms with van der Waals surface area (Å²) in [5.41, 5.74) is -1.09. The molecular weight excluding hydrogens is 279 g/mol. The van der Waals surface area contributed by atoms with Gasteiger partial charge in [-0.15, -0.1) is 0 Å². The fourth-order valence-electron chi connectivity index (χ4n) is 0.797. The lowest BCUT2D eigenvalue weighted by Crippen LogP contribution is -1.98. The molecule has 1 aromatic rings. The number of rotatable bonds is 2. The van der Waals surface area contributed by atoms with Gasteiger partial charge in [0, 0.05) is 21.6 Å². The van der Waals surface area contributed by atoms with Gasteiger partial charge in [0.1, 0.15) is 0 Å². The Bertz CT molecular complexity index is 317. The number of alkyl halides is 1. The Morgan fingerprint density at radius 3 is 2.77 bits per heavy atom. The molecule has 0 radical (unpaired) electrons. The van der Waals surface area contributed by atoms with Crippen molar-refractivity contribution in [3.8, 4) is 0 Å². The smallest absolute Gasteiger partial charge is 0.405 e. The van der Waals surface area contributed by atoms with Crippen LogP contribution in [0.15, 0.2) is 28.7 Å². The highest BCUT2D eigenvalue weighted by molar-refractivity contribution is 9.10. The van der Waals surface area contributed by atoms with Gasteiger partial charge in [0.05, 0.1) is 0 Å². The van der Waals surface area contributed by atoms with E-state index in [9.17, 15) is 4.79 Å². The highest BCUT2D eigenvalue weighted by Crippen LogP contribution is 2.25. The predicted octanol–water partition coefficient (Wildman–Crippen LogP) is 4.06. The normalized spacial score (nSPS) is 12.2. The molecule has 0 heterocycles. The van der Waals surface area contributed by atoms with Crippen LogP contribution in [0.25, 0.3) is 0 Å². The minimum atomic E-state index is -0.917. The van der Waals surface area contributed by atoms with E-state index in [2.05, 4.69) is 20.7 Å². The van der Waals surface area contributed by atoms with Crippen molar-refractivity contribution in [3.05, 3.63) is 34.3 Å². The van der Waals surface area contributed by atoms with Gasteiger partial charge in [-0.3, -0.25) is 0 Å². The molecule has 1 aromatic carbocycles. The summed E-state index contributed by atoms with van der Waals surface area (Å²) in [5, 5.41) is 0. The summed E-state index contributed by atoms with van der Waals surface area (Å²) in [6.45, 7) is 0. The molecule has 1 atom stereocenters. The van der Waals surface area contributed by atoms with E-state index in [1.165, 1.54) is 0 Å². The zero-order valence-corrected chi connectivity index (χ0v) is 9.43. The summed E-state index contributed by atoms with van der Waals surface area (Å²) < 4.78 is 5.42. The molecule has 0 saturated heterocycles. The van der Waals surface area contributed by atoms with Crippen molar-refractivity contribution in [2.45, 2.75) is 5.56 Å². The highest BCUT2D eigenvalue weighted by atomic mass is 79.9. The van der Waals surface area contributed by atoms with Gasteiger partial charge >= 0.3 is 5.43 Å². The average Bonchev–Trinajstić information content (AvgIpc) is 2.03. The van der Waals surface area contributed by atoms with Gasteiger partial charge in [0.25, 0.3) is 0 Å². The number of hydrogen-bond donors (Lipinski definition) is 0. The van der Waals surface area contributed by atoms with Gasteiger partial charge in [-0.1, -0.05) is 39.7 Å². The average molecular weight is 284 g/mol. The number of halogens is 3. The molecule has 0 spiro atoms. The van der Waals surface area contributed by atoms with E-state index in [4.69, 9.17) is 23.2 Å². The van der Waals surface area contributed by atoms with Crippen LogP contribution in [0, 0.1) is 0 Å². The minimum absolute atomic E-state index is 0.671. The molecule has 0 N–H and O–H groups in total. The second-order valence-corrected chi connectivity index (χ2v) is 3.85. The van der Waals surface area contributed by atoms with Gasteiger partial charge < -0.3 is 4.74 Å². The molecule has 0 amide bonds. The fourth-order valence-corrected chi connectivity index (χ4v) is 1.57. The number of carbonyl (C=O) groups excluding carboxylic acids is 1. The first kappa shape index (κ1) is 10.8. The van der Waals surface area contributed by atoms with Crippen LogP contribution in [0.1, 0.15) is 11.1 Å². The highest BCUT2D eigenvalue weighted by Gasteiger charge is 2.11. The standard InChI is InChI=1S/C8H5BrCl2O2/c9-6-3-1-2-5(4-6)7(10)13-8(11)12/h1-4,7H. The van der Waals surface area contributed by atoms with E-state index < -0.39 is 11.0 Å².